The summed E-state index contributed by atoms with van der Waals surface area (Å²) in [4.78, 5) is 7.06. The summed E-state index contributed by atoms with van der Waals surface area (Å²) in [6, 6.07) is 3.00. The maximum absolute atomic E-state index is 13.7. The number of imidazole rings is 1. The molecule has 0 aliphatic heterocycles. The van der Waals surface area contributed by atoms with Gasteiger partial charge in [-0.05, 0) is 29.7 Å². The van der Waals surface area contributed by atoms with Gasteiger partial charge in [0.25, 0.3) is 0 Å². The Hall–Kier alpha value is -1.35. The Kier molecular flexibility index (Phi) is 3.25. The number of H-pyrrole nitrogens is 1. The first-order chi connectivity index (χ1) is 7.72. The summed E-state index contributed by atoms with van der Waals surface area (Å²) in [6.45, 7) is 1.96. The molecule has 0 bridgehead atoms. The van der Waals surface area contributed by atoms with Gasteiger partial charge in [0, 0.05) is 23.8 Å². The lowest BCUT2D eigenvalue weighted by atomic mass is 10.0. The maximum Gasteiger partial charge on any atom is 0.127 e. The number of nitrogens with one attached hydrogen (secondary N) is 1. The summed E-state index contributed by atoms with van der Waals surface area (Å²) in [5.74, 6) is 0.522. The highest BCUT2D eigenvalue weighted by Crippen LogP contribution is 2.24. The van der Waals surface area contributed by atoms with Crippen LogP contribution in [0.15, 0.2) is 24.5 Å². The van der Waals surface area contributed by atoms with Gasteiger partial charge in [-0.3, -0.25) is 0 Å². The van der Waals surface area contributed by atoms with Gasteiger partial charge in [-0.25, -0.2) is 9.37 Å². The SMILES string of the molecule is CCc1c(Cl)ccc(F)c1Cc1ncc[nH]1. The van der Waals surface area contributed by atoms with Crippen molar-refractivity contribution >= 4 is 11.6 Å². The van der Waals surface area contributed by atoms with E-state index in [1.165, 1.54) is 6.07 Å². The smallest absolute Gasteiger partial charge is 0.127 e. The Morgan fingerprint density at radius 3 is 2.81 bits per heavy atom. The third-order valence-electron chi connectivity index (χ3n) is 2.57. The van der Waals surface area contributed by atoms with Crippen LogP contribution in [0.3, 0.4) is 0 Å². The summed E-state index contributed by atoms with van der Waals surface area (Å²) >= 11 is 6.04. The van der Waals surface area contributed by atoms with E-state index in [-0.39, 0.29) is 5.82 Å². The molecule has 1 heterocycles. The Morgan fingerprint density at radius 1 is 1.38 bits per heavy atom. The quantitative estimate of drug-likeness (QED) is 0.873. The first-order valence-electron chi connectivity index (χ1n) is 5.16. The summed E-state index contributed by atoms with van der Waals surface area (Å²) in [7, 11) is 0. The van der Waals surface area contributed by atoms with Crippen LogP contribution in [-0.2, 0) is 12.8 Å². The minimum absolute atomic E-state index is 0.224. The van der Waals surface area contributed by atoms with E-state index in [0.29, 0.717) is 23.4 Å². The molecule has 0 fully saturated rings. The third kappa shape index (κ3) is 2.09. The van der Waals surface area contributed by atoms with E-state index in [9.17, 15) is 4.39 Å². The highest BCUT2D eigenvalue weighted by Gasteiger charge is 2.12. The number of halogens is 2. The maximum atomic E-state index is 13.7. The second kappa shape index (κ2) is 4.66. The molecule has 0 radical (unpaired) electrons. The molecule has 2 nitrogen and oxygen atoms in total. The molecular formula is C12H12ClFN2. The predicted molar refractivity (Wildman–Crippen MR) is 62.2 cm³/mol. The summed E-state index contributed by atoms with van der Waals surface area (Å²) in [6.07, 6.45) is 4.54. The van der Waals surface area contributed by atoms with Crippen molar-refractivity contribution in [2.45, 2.75) is 19.8 Å². The van der Waals surface area contributed by atoms with E-state index >= 15 is 0 Å². The molecule has 2 rings (SSSR count). The Labute approximate surface area is 98.5 Å². The summed E-state index contributed by atoms with van der Waals surface area (Å²) in [5, 5.41) is 0.616. The lowest BCUT2D eigenvalue weighted by Gasteiger charge is -2.09. The largest absolute Gasteiger partial charge is 0.348 e. The zero-order chi connectivity index (χ0) is 11.5. The Balaban J connectivity index is 2.42. The van der Waals surface area contributed by atoms with Crippen molar-refractivity contribution < 1.29 is 4.39 Å². The fourth-order valence-electron chi connectivity index (χ4n) is 1.77. The average Bonchev–Trinajstić information content (AvgIpc) is 2.77. The van der Waals surface area contributed by atoms with Crippen LogP contribution < -0.4 is 0 Å². The van der Waals surface area contributed by atoms with Crippen molar-refractivity contribution in [3.8, 4) is 0 Å². The van der Waals surface area contributed by atoms with E-state index in [4.69, 9.17) is 11.6 Å². The van der Waals surface area contributed by atoms with Crippen LogP contribution in [0, 0.1) is 5.82 Å². The molecule has 16 heavy (non-hydrogen) atoms. The molecule has 0 aliphatic rings. The molecule has 4 heteroatoms. The van der Waals surface area contributed by atoms with Crippen LogP contribution >= 0.6 is 11.6 Å². The first-order valence-corrected chi connectivity index (χ1v) is 5.54. The molecule has 0 atom stereocenters. The molecule has 0 unspecified atom stereocenters. The minimum atomic E-state index is -0.224. The van der Waals surface area contributed by atoms with Crippen LogP contribution in [0.2, 0.25) is 5.02 Å². The van der Waals surface area contributed by atoms with Crippen molar-refractivity contribution in [3.63, 3.8) is 0 Å². The number of nitrogens with zero attached hydrogens (tertiary/aromatic N) is 1. The zero-order valence-electron chi connectivity index (χ0n) is 8.93. The second-order valence-electron chi connectivity index (χ2n) is 3.55. The highest BCUT2D eigenvalue weighted by atomic mass is 35.5. The van der Waals surface area contributed by atoms with E-state index in [1.807, 2.05) is 6.92 Å². The van der Waals surface area contributed by atoms with E-state index < -0.39 is 0 Å². The topological polar surface area (TPSA) is 28.7 Å². The van der Waals surface area contributed by atoms with Crippen LogP contribution in [0.1, 0.15) is 23.9 Å². The average molecular weight is 239 g/mol. The number of aromatic amines is 1. The van der Waals surface area contributed by atoms with Gasteiger partial charge in [-0.2, -0.15) is 0 Å². The molecule has 0 aliphatic carbocycles. The zero-order valence-corrected chi connectivity index (χ0v) is 9.68. The van der Waals surface area contributed by atoms with Gasteiger partial charge in [-0.1, -0.05) is 18.5 Å². The van der Waals surface area contributed by atoms with Gasteiger partial charge in [0.15, 0.2) is 0 Å². The lowest BCUT2D eigenvalue weighted by Crippen LogP contribution is -2.01. The van der Waals surface area contributed by atoms with Crippen molar-refractivity contribution in [2.75, 3.05) is 0 Å². The molecule has 2 aromatic rings. The van der Waals surface area contributed by atoms with Gasteiger partial charge < -0.3 is 4.98 Å². The van der Waals surface area contributed by atoms with Crippen LogP contribution in [-0.4, -0.2) is 9.97 Å². The monoisotopic (exact) mass is 238 g/mol. The normalized spacial score (nSPS) is 10.7. The fraction of sp³-hybridized carbons (Fsp3) is 0.250. The standard InChI is InChI=1S/C12H12ClFN2/c1-2-8-9(7-12-15-5-6-16-12)11(14)4-3-10(8)13/h3-6H,2,7H2,1H3,(H,15,16). The van der Waals surface area contributed by atoms with Crippen molar-refractivity contribution in [1.29, 1.82) is 0 Å². The summed E-state index contributed by atoms with van der Waals surface area (Å²) in [5.41, 5.74) is 1.49. The second-order valence-corrected chi connectivity index (χ2v) is 3.96. The van der Waals surface area contributed by atoms with Gasteiger partial charge in [0.1, 0.15) is 11.6 Å². The van der Waals surface area contributed by atoms with Gasteiger partial charge in [0.2, 0.25) is 0 Å². The molecule has 0 saturated heterocycles. The highest BCUT2D eigenvalue weighted by molar-refractivity contribution is 6.31. The number of aromatic nitrogens is 2. The molecule has 0 amide bonds. The van der Waals surface area contributed by atoms with Crippen molar-refractivity contribution in [3.05, 3.63) is 52.3 Å². The van der Waals surface area contributed by atoms with E-state index in [0.717, 1.165) is 11.4 Å². The predicted octanol–water partition coefficient (Wildman–Crippen LogP) is 3.36. The molecule has 84 valence electrons. The lowest BCUT2D eigenvalue weighted by molar-refractivity contribution is 0.609. The third-order valence-corrected chi connectivity index (χ3v) is 2.92. The van der Waals surface area contributed by atoms with Crippen molar-refractivity contribution in [1.82, 2.24) is 9.97 Å². The summed E-state index contributed by atoms with van der Waals surface area (Å²) < 4.78 is 13.7. The first kappa shape index (κ1) is 11.1. The Bertz CT molecular complexity index is 480. The molecule has 0 saturated carbocycles. The van der Waals surface area contributed by atoms with E-state index in [2.05, 4.69) is 9.97 Å². The molecular weight excluding hydrogens is 227 g/mol. The van der Waals surface area contributed by atoms with Crippen LogP contribution in [0.5, 0.6) is 0 Å². The molecule has 0 spiro atoms. The van der Waals surface area contributed by atoms with Gasteiger partial charge in [0.05, 0.1) is 0 Å². The van der Waals surface area contributed by atoms with Gasteiger partial charge in [-0.15, -0.1) is 0 Å². The molecule has 1 N–H and O–H groups in total. The van der Waals surface area contributed by atoms with E-state index in [1.54, 1.807) is 18.5 Å². The van der Waals surface area contributed by atoms with Crippen LogP contribution in [0.4, 0.5) is 4.39 Å². The number of hydrogen-bond donors (Lipinski definition) is 1. The fourth-order valence-corrected chi connectivity index (χ4v) is 2.08. The minimum Gasteiger partial charge on any atom is -0.348 e. The number of rotatable bonds is 3. The molecule has 1 aromatic heterocycles. The number of hydrogen-bond acceptors (Lipinski definition) is 1. The van der Waals surface area contributed by atoms with Gasteiger partial charge >= 0.3 is 0 Å². The Morgan fingerprint density at radius 2 is 2.19 bits per heavy atom. The molecule has 1 aromatic carbocycles. The van der Waals surface area contributed by atoms with Crippen molar-refractivity contribution in [2.24, 2.45) is 0 Å². The number of benzene rings is 1. The van der Waals surface area contributed by atoms with Crippen LogP contribution in [0.25, 0.3) is 0 Å².